The number of rotatable bonds is 5. The van der Waals surface area contributed by atoms with Crippen molar-refractivity contribution in [3.05, 3.63) is 41.8 Å². The van der Waals surface area contributed by atoms with Gasteiger partial charge in [0, 0.05) is 13.5 Å². The predicted molar refractivity (Wildman–Crippen MR) is 66.5 cm³/mol. The van der Waals surface area contributed by atoms with Crippen molar-refractivity contribution in [3.63, 3.8) is 0 Å². The zero-order valence-electron chi connectivity index (χ0n) is 10.1. The average molecular weight is 232 g/mol. The first-order valence-corrected chi connectivity index (χ1v) is 5.57. The number of aromatic nitrogens is 1. The number of aryl methyl sites for hydroxylation is 2. The van der Waals surface area contributed by atoms with Crippen LogP contribution in [0, 0.1) is 0 Å². The van der Waals surface area contributed by atoms with Gasteiger partial charge in [0.05, 0.1) is 13.3 Å². The maximum Gasteiger partial charge on any atom is 0.294 e. The highest BCUT2D eigenvalue weighted by atomic mass is 16.5. The zero-order chi connectivity index (χ0) is 12.1. The van der Waals surface area contributed by atoms with Gasteiger partial charge in [0.25, 0.3) is 6.01 Å². The summed E-state index contributed by atoms with van der Waals surface area (Å²) in [7, 11) is 3.46. The van der Waals surface area contributed by atoms with E-state index in [2.05, 4.69) is 22.4 Å². The summed E-state index contributed by atoms with van der Waals surface area (Å²) < 4.78 is 10.6. The van der Waals surface area contributed by atoms with Crippen LogP contribution >= 0.6 is 0 Å². The lowest BCUT2D eigenvalue weighted by Crippen LogP contribution is -1.90. The molecule has 0 radical (unpaired) electrons. The number of nitrogens with one attached hydrogen (secondary N) is 1. The van der Waals surface area contributed by atoms with Crippen LogP contribution in [0.3, 0.4) is 0 Å². The monoisotopic (exact) mass is 232 g/mol. The third-order valence-corrected chi connectivity index (χ3v) is 2.59. The van der Waals surface area contributed by atoms with Gasteiger partial charge < -0.3 is 14.5 Å². The van der Waals surface area contributed by atoms with Crippen molar-refractivity contribution in [1.29, 1.82) is 0 Å². The molecule has 1 aromatic carbocycles. The van der Waals surface area contributed by atoms with Crippen molar-refractivity contribution in [2.75, 3.05) is 19.5 Å². The lowest BCUT2D eigenvalue weighted by atomic mass is 10.1. The summed E-state index contributed by atoms with van der Waals surface area (Å²) in [4.78, 5) is 4.08. The van der Waals surface area contributed by atoms with Crippen LogP contribution in [0.15, 0.2) is 34.9 Å². The van der Waals surface area contributed by atoms with E-state index in [-0.39, 0.29) is 0 Å². The third-order valence-electron chi connectivity index (χ3n) is 2.59. The summed E-state index contributed by atoms with van der Waals surface area (Å²) >= 11 is 0. The summed E-state index contributed by atoms with van der Waals surface area (Å²) in [6, 6.07) is 8.63. The lowest BCUT2D eigenvalue weighted by Gasteiger charge is -2.02. The van der Waals surface area contributed by atoms with E-state index in [1.54, 1.807) is 20.4 Å². The molecule has 17 heavy (non-hydrogen) atoms. The van der Waals surface area contributed by atoms with E-state index >= 15 is 0 Å². The summed E-state index contributed by atoms with van der Waals surface area (Å²) in [5.41, 5.74) is 1.26. The van der Waals surface area contributed by atoms with Crippen LogP contribution in [0.1, 0.15) is 11.3 Å². The lowest BCUT2D eigenvalue weighted by molar-refractivity contribution is 0.414. The number of oxazole rings is 1. The van der Waals surface area contributed by atoms with Crippen molar-refractivity contribution < 1.29 is 9.15 Å². The summed E-state index contributed by atoms with van der Waals surface area (Å²) in [5.74, 6) is 1.77. The van der Waals surface area contributed by atoms with Crippen LogP contribution in [-0.4, -0.2) is 19.1 Å². The highest BCUT2D eigenvalue weighted by molar-refractivity contribution is 5.27. The molecule has 4 nitrogen and oxygen atoms in total. The van der Waals surface area contributed by atoms with E-state index in [9.17, 15) is 0 Å². The van der Waals surface area contributed by atoms with E-state index in [0.717, 1.165) is 24.4 Å². The Morgan fingerprint density at radius 3 is 2.59 bits per heavy atom. The van der Waals surface area contributed by atoms with Crippen molar-refractivity contribution in [1.82, 2.24) is 4.98 Å². The number of hydrogen-bond acceptors (Lipinski definition) is 4. The van der Waals surface area contributed by atoms with E-state index < -0.39 is 0 Å². The molecule has 2 rings (SSSR count). The van der Waals surface area contributed by atoms with E-state index in [4.69, 9.17) is 9.15 Å². The van der Waals surface area contributed by atoms with E-state index in [1.165, 1.54) is 5.56 Å². The fourth-order valence-electron chi connectivity index (χ4n) is 1.60. The number of benzene rings is 1. The molecule has 1 heterocycles. The van der Waals surface area contributed by atoms with Gasteiger partial charge in [-0.2, -0.15) is 0 Å². The molecule has 0 aliphatic heterocycles. The fourth-order valence-corrected chi connectivity index (χ4v) is 1.60. The van der Waals surface area contributed by atoms with Crippen LogP contribution in [0.4, 0.5) is 6.01 Å². The van der Waals surface area contributed by atoms with Gasteiger partial charge in [-0.05, 0) is 24.1 Å². The first-order chi connectivity index (χ1) is 8.31. The maximum absolute atomic E-state index is 5.45. The van der Waals surface area contributed by atoms with Crippen molar-refractivity contribution >= 4 is 6.01 Å². The maximum atomic E-state index is 5.45. The highest BCUT2D eigenvalue weighted by Gasteiger charge is 2.02. The van der Waals surface area contributed by atoms with E-state index in [1.807, 2.05) is 12.1 Å². The minimum Gasteiger partial charge on any atom is -0.497 e. The molecule has 4 heteroatoms. The number of ether oxygens (including phenoxy) is 1. The molecule has 0 saturated heterocycles. The van der Waals surface area contributed by atoms with Gasteiger partial charge in [0.2, 0.25) is 0 Å². The molecule has 0 fully saturated rings. The Balaban J connectivity index is 1.92. The second-order valence-corrected chi connectivity index (χ2v) is 3.73. The van der Waals surface area contributed by atoms with Crippen molar-refractivity contribution in [2.45, 2.75) is 12.8 Å². The van der Waals surface area contributed by atoms with Crippen LogP contribution < -0.4 is 10.1 Å². The first-order valence-electron chi connectivity index (χ1n) is 5.57. The van der Waals surface area contributed by atoms with Crippen molar-refractivity contribution in [2.24, 2.45) is 0 Å². The summed E-state index contributed by atoms with van der Waals surface area (Å²) in [6.07, 6.45) is 3.54. The topological polar surface area (TPSA) is 47.3 Å². The van der Waals surface area contributed by atoms with Crippen LogP contribution in [0.5, 0.6) is 5.75 Å². The van der Waals surface area contributed by atoms with Gasteiger partial charge in [-0.15, -0.1) is 0 Å². The Hall–Kier alpha value is -1.97. The predicted octanol–water partition coefficient (Wildman–Crippen LogP) is 2.51. The SMILES string of the molecule is CNc1ncc(CCc2ccc(OC)cc2)o1. The van der Waals surface area contributed by atoms with Gasteiger partial charge in [-0.3, -0.25) is 0 Å². The molecule has 0 bridgehead atoms. The summed E-state index contributed by atoms with van der Waals surface area (Å²) in [5, 5.41) is 2.87. The molecule has 2 aromatic rings. The molecule has 0 aliphatic rings. The minimum absolute atomic E-state index is 0.565. The minimum atomic E-state index is 0.565. The highest BCUT2D eigenvalue weighted by Crippen LogP contribution is 2.14. The Morgan fingerprint density at radius 1 is 1.24 bits per heavy atom. The second-order valence-electron chi connectivity index (χ2n) is 3.73. The number of nitrogens with zero attached hydrogens (tertiary/aromatic N) is 1. The molecule has 0 saturated carbocycles. The first kappa shape index (κ1) is 11.5. The molecule has 0 aliphatic carbocycles. The molecule has 0 unspecified atom stereocenters. The molecular formula is C13H16N2O2. The largest absolute Gasteiger partial charge is 0.497 e. The van der Waals surface area contributed by atoms with Crippen LogP contribution in [0.2, 0.25) is 0 Å². The molecular weight excluding hydrogens is 216 g/mol. The molecule has 1 aromatic heterocycles. The van der Waals surface area contributed by atoms with Crippen LogP contribution in [0.25, 0.3) is 0 Å². The van der Waals surface area contributed by atoms with Crippen LogP contribution in [-0.2, 0) is 12.8 Å². The van der Waals surface area contributed by atoms with Gasteiger partial charge in [-0.1, -0.05) is 12.1 Å². The Morgan fingerprint density at radius 2 is 2.00 bits per heavy atom. The van der Waals surface area contributed by atoms with Crippen molar-refractivity contribution in [3.8, 4) is 5.75 Å². The summed E-state index contributed by atoms with van der Waals surface area (Å²) in [6.45, 7) is 0. The Labute approximate surface area is 101 Å². The number of hydrogen-bond donors (Lipinski definition) is 1. The molecule has 0 amide bonds. The van der Waals surface area contributed by atoms with Gasteiger partial charge in [-0.25, -0.2) is 4.98 Å². The quantitative estimate of drug-likeness (QED) is 0.860. The van der Waals surface area contributed by atoms with Gasteiger partial charge in [0.1, 0.15) is 11.5 Å². The molecule has 90 valence electrons. The fraction of sp³-hybridized carbons (Fsp3) is 0.308. The molecule has 0 atom stereocenters. The normalized spacial score (nSPS) is 10.2. The Kier molecular flexibility index (Phi) is 3.65. The molecule has 0 spiro atoms. The standard InChI is InChI=1S/C13H16N2O2/c1-14-13-15-9-12(17-13)8-5-10-3-6-11(16-2)7-4-10/h3-4,6-7,9H,5,8H2,1-2H3,(H,14,15). The zero-order valence-corrected chi connectivity index (χ0v) is 10.1. The second kappa shape index (κ2) is 5.39. The molecule has 1 N–H and O–H groups in total. The average Bonchev–Trinajstić information content (AvgIpc) is 2.85. The number of anilines is 1. The third kappa shape index (κ3) is 3.00. The Bertz CT molecular complexity index is 463. The smallest absolute Gasteiger partial charge is 0.294 e. The van der Waals surface area contributed by atoms with Gasteiger partial charge >= 0.3 is 0 Å². The van der Waals surface area contributed by atoms with E-state index in [0.29, 0.717) is 6.01 Å². The van der Waals surface area contributed by atoms with Gasteiger partial charge in [0.15, 0.2) is 0 Å². The number of methoxy groups -OCH3 is 1.